The van der Waals surface area contributed by atoms with E-state index in [2.05, 4.69) is 20.9 Å². The summed E-state index contributed by atoms with van der Waals surface area (Å²) in [5.74, 6) is 0.192. The number of hydrogen-bond acceptors (Lipinski definition) is 7. The molecular formula is C24H15BrCl2N2O6. The van der Waals surface area contributed by atoms with Crippen LogP contribution in [-0.2, 0) is 16.1 Å². The van der Waals surface area contributed by atoms with Gasteiger partial charge in [-0.2, -0.15) is 0 Å². The summed E-state index contributed by atoms with van der Waals surface area (Å²) in [6.07, 6.45) is 1.52. The third-order valence-corrected chi connectivity index (χ3v) is 6.02. The molecule has 4 rings (SSSR count). The van der Waals surface area contributed by atoms with Gasteiger partial charge in [0, 0.05) is 17.2 Å². The highest BCUT2D eigenvalue weighted by molar-refractivity contribution is 9.10. The minimum Gasteiger partial charge on any atom is -0.493 e. The minimum atomic E-state index is -0.687. The van der Waals surface area contributed by atoms with Crippen LogP contribution < -0.4 is 9.47 Å². The summed E-state index contributed by atoms with van der Waals surface area (Å²) in [5, 5.41) is 11.6. The number of benzene rings is 3. The summed E-state index contributed by atoms with van der Waals surface area (Å²) in [6, 6.07) is 14.5. The second kappa shape index (κ2) is 10.5. The number of nitro benzene ring substituents is 1. The molecule has 0 bridgehead atoms. The summed E-state index contributed by atoms with van der Waals surface area (Å²) in [4.78, 5) is 27.0. The highest BCUT2D eigenvalue weighted by atomic mass is 79.9. The van der Waals surface area contributed by atoms with E-state index in [1.54, 1.807) is 24.3 Å². The molecule has 0 saturated carbocycles. The number of carbonyl (C=O) groups is 1. The number of halogens is 3. The maximum atomic E-state index is 12.4. The summed E-state index contributed by atoms with van der Waals surface area (Å²) in [7, 11) is 1.50. The predicted molar refractivity (Wildman–Crippen MR) is 135 cm³/mol. The van der Waals surface area contributed by atoms with Gasteiger partial charge in [-0.15, -0.1) is 0 Å². The molecular weight excluding hydrogens is 563 g/mol. The number of methoxy groups -OCH3 is 1. The van der Waals surface area contributed by atoms with E-state index in [4.69, 9.17) is 37.4 Å². The van der Waals surface area contributed by atoms with Gasteiger partial charge in [-0.3, -0.25) is 10.1 Å². The summed E-state index contributed by atoms with van der Waals surface area (Å²) < 4.78 is 17.2. The lowest BCUT2D eigenvalue weighted by Crippen LogP contribution is -2.06. The Hall–Kier alpha value is -3.40. The number of carbonyl (C=O) groups excluding carboxylic acids is 1. The first-order chi connectivity index (χ1) is 16.7. The van der Waals surface area contributed by atoms with Crippen LogP contribution in [0.25, 0.3) is 6.08 Å². The van der Waals surface area contributed by atoms with Crippen LogP contribution in [0, 0.1) is 10.1 Å². The van der Waals surface area contributed by atoms with Crippen LogP contribution in [0.15, 0.2) is 69.8 Å². The molecule has 1 aliphatic rings. The molecule has 0 unspecified atom stereocenters. The molecule has 3 aromatic carbocycles. The van der Waals surface area contributed by atoms with E-state index >= 15 is 0 Å². The fourth-order valence-corrected chi connectivity index (χ4v) is 4.13. The number of aliphatic imine (C=N–C) groups is 1. The second-order valence-corrected chi connectivity index (χ2v) is 8.90. The van der Waals surface area contributed by atoms with Crippen LogP contribution in [-0.4, -0.2) is 23.9 Å². The quantitative estimate of drug-likeness (QED) is 0.136. The molecule has 0 aliphatic carbocycles. The average molecular weight is 578 g/mol. The average Bonchev–Trinajstić information content (AvgIpc) is 3.18. The normalized spacial score (nSPS) is 14.0. The van der Waals surface area contributed by atoms with Crippen LogP contribution >= 0.6 is 39.1 Å². The smallest absolute Gasteiger partial charge is 0.363 e. The third kappa shape index (κ3) is 5.64. The van der Waals surface area contributed by atoms with Crippen molar-refractivity contribution >= 4 is 62.8 Å². The maximum Gasteiger partial charge on any atom is 0.363 e. The molecule has 0 radical (unpaired) electrons. The van der Waals surface area contributed by atoms with Crippen molar-refractivity contribution in [3.05, 3.63) is 102 Å². The molecule has 0 spiro atoms. The van der Waals surface area contributed by atoms with Gasteiger partial charge >= 0.3 is 5.97 Å². The number of hydrogen-bond donors (Lipinski definition) is 0. The number of nitrogens with zero attached hydrogens (tertiary/aromatic N) is 2. The molecule has 8 nitrogen and oxygen atoms in total. The third-order valence-electron chi connectivity index (χ3n) is 4.87. The number of cyclic esters (lactones) is 1. The minimum absolute atomic E-state index is 0.0261. The Balaban J connectivity index is 1.59. The monoisotopic (exact) mass is 576 g/mol. The number of nitro groups is 1. The van der Waals surface area contributed by atoms with Gasteiger partial charge in [-0.25, -0.2) is 9.79 Å². The van der Waals surface area contributed by atoms with Crippen molar-refractivity contribution in [3.8, 4) is 11.5 Å². The molecule has 0 N–H and O–H groups in total. The molecule has 178 valence electrons. The Morgan fingerprint density at radius 3 is 2.54 bits per heavy atom. The number of rotatable bonds is 7. The number of esters is 1. The van der Waals surface area contributed by atoms with E-state index in [1.807, 2.05) is 12.1 Å². The van der Waals surface area contributed by atoms with E-state index in [0.29, 0.717) is 33.2 Å². The van der Waals surface area contributed by atoms with E-state index in [9.17, 15) is 14.9 Å². The fourth-order valence-electron chi connectivity index (χ4n) is 3.17. The topological polar surface area (TPSA) is 100 Å². The van der Waals surface area contributed by atoms with Gasteiger partial charge in [0.15, 0.2) is 17.2 Å². The van der Waals surface area contributed by atoms with Crippen molar-refractivity contribution in [2.45, 2.75) is 6.61 Å². The summed E-state index contributed by atoms with van der Waals surface area (Å²) in [6.45, 7) is 0.294. The molecule has 0 aromatic heterocycles. The second-order valence-electron chi connectivity index (χ2n) is 7.21. The molecule has 0 amide bonds. The van der Waals surface area contributed by atoms with Gasteiger partial charge in [0.25, 0.3) is 5.69 Å². The SMILES string of the molecule is COc1cc(/C=C2\N=C(c3ccc([N+](=O)[O-])cc3Cl)OC2=O)cc(Br)c1OCc1ccc(Cl)cc1. The predicted octanol–water partition coefficient (Wildman–Crippen LogP) is 6.60. The van der Waals surface area contributed by atoms with Crippen LogP contribution in [0.3, 0.4) is 0 Å². The van der Waals surface area contributed by atoms with Gasteiger partial charge in [0.2, 0.25) is 5.90 Å². The molecule has 3 aromatic rings. The van der Waals surface area contributed by atoms with Crippen LogP contribution in [0.1, 0.15) is 16.7 Å². The van der Waals surface area contributed by atoms with E-state index in [0.717, 1.165) is 5.56 Å². The van der Waals surface area contributed by atoms with E-state index < -0.39 is 10.9 Å². The van der Waals surface area contributed by atoms with Crippen molar-refractivity contribution in [2.24, 2.45) is 4.99 Å². The zero-order valence-corrected chi connectivity index (χ0v) is 21.1. The van der Waals surface area contributed by atoms with Crippen molar-refractivity contribution in [1.29, 1.82) is 0 Å². The van der Waals surface area contributed by atoms with Crippen LogP contribution in [0.5, 0.6) is 11.5 Å². The van der Waals surface area contributed by atoms with Crippen molar-refractivity contribution < 1.29 is 23.9 Å². The van der Waals surface area contributed by atoms with Gasteiger partial charge in [-0.05, 0) is 63.5 Å². The van der Waals surface area contributed by atoms with E-state index in [1.165, 1.54) is 31.4 Å². The Morgan fingerprint density at radius 1 is 1.14 bits per heavy atom. The Labute approximate surface area is 218 Å². The first-order valence-corrected chi connectivity index (χ1v) is 11.5. The number of non-ortho nitro benzene ring substituents is 1. The molecule has 0 saturated heterocycles. The first-order valence-electron chi connectivity index (χ1n) is 9.97. The molecule has 11 heteroatoms. The summed E-state index contributed by atoms with van der Waals surface area (Å²) >= 11 is 15.5. The maximum absolute atomic E-state index is 12.4. The largest absolute Gasteiger partial charge is 0.493 e. The van der Waals surface area contributed by atoms with Gasteiger partial charge < -0.3 is 14.2 Å². The summed E-state index contributed by atoms with van der Waals surface area (Å²) in [5.41, 5.74) is 1.63. The standard InChI is InChI=1S/C24H15BrCl2N2O6/c1-33-21-10-14(8-18(25)22(21)34-12-13-2-4-15(26)5-3-13)9-20-24(30)35-23(28-20)17-7-6-16(29(31)32)11-19(17)27/h2-11H,12H2,1H3/b20-9-. The Morgan fingerprint density at radius 2 is 1.89 bits per heavy atom. The lowest BCUT2D eigenvalue weighted by Gasteiger charge is -2.14. The highest BCUT2D eigenvalue weighted by Crippen LogP contribution is 2.38. The molecule has 1 aliphatic heterocycles. The molecule has 1 heterocycles. The number of ether oxygens (including phenoxy) is 3. The lowest BCUT2D eigenvalue weighted by molar-refractivity contribution is -0.384. The van der Waals surface area contributed by atoms with Crippen LogP contribution in [0.4, 0.5) is 5.69 Å². The highest BCUT2D eigenvalue weighted by Gasteiger charge is 2.27. The first kappa shape index (κ1) is 24.7. The fraction of sp³-hybridized carbons (Fsp3) is 0.0833. The lowest BCUT2D eigenvalue weighted by atomic mass is 10.1. The van der Waals surface area contributed by atoms with Crippen molar-refractivity contribution in [1.82, 2.24) is 0 Å². The van der Waals surface area contributed by atoms with Crippen LogP contribution in [0.2, 0.25) is 10.0 Å². The van der Waals surface area contributed by atoms with Crippen molar-refractivity contribution in [3.63, 3.8) is 0 Å². The zero-order chi connectivity index (χ0) is 25.1. The Kier molecular flexibility index (Phi) is 7.39. The van der Waals surface area contributed by atoms with Gasteiger partial charge in [0.05, 0.1) is 27.1 Å². The van der Waals surface area contributed by atoms with Gasteiger partial charge in [-0.1, -0.05) is 35.3 Å². The van der Waals surface area contributed by atoms with E-state index in [-0.39, 0.29) is 27.9 Å². The van der Waals surface area contributed by atoms with Gasteiger partial charge in [0.1, 0.15) is 6.61 Å². The molecule has 0 atom stereocenters. The van der Waals surface area contributed by atoms with Crippen molar-refractivity contribution in [2.75, 3.05) is 7.11 Å². The molecule has 35 heavy (non-hydrogen) atoms. The zero-order valence-electron chi connectivity index (χ0n) is 18.0. The Bertz CT molecular complexity index is 1390. The molecule has 0 fully saturated rings.